The fourth-order valence-corrected chi connectivity index (χ4v) is 6.69. The van der Waals surface area contributed by atoms with E-state index in [0.29, 0.717) is 16.0 Å². The monoisotopic (exact) mass is 678 g/mol. The molecular weight excluding hydrogens is 639 g/mol. The van der Waals surface area contributed by atoms with Gasteiger partial charge in [0.1, 0.15) is 6.10 Å². The van der Waals surface area contributed by atoms with Gasteiger partial charge in [-0.3, -0.25) is 0 Å². The van der Waals surface area contributed by atoms with Gasteiger partial charge in [0.25, 0.3) is 0 Å². The number of hydrogen-bond donors (Lipinski definition) is 1. The second kappa shape index (κ2) is 12.0. The third-order valence-electron chi connectivity index (χ3n) is 8.01. The first-order valence-electron chi connectivity index (χ1n) is 11.9. The van der Waals surface area contributed by atoms with Crippen LogP contribution in [0, 0.1) is 35.0 Å². The molecule has 6 heteroatoms. The number of hydrogen-bond acceptors (Lipinski definition) is 2. The Morgan fingerprint density at radius 3 is 2.60 bits per heavy atom. The molecule has 3 saturated carbocycles. The van der Waals surface area contributed by atoms with Gasteiger partial charge < -0.3 is 10.1 Å². The van der Waals surface area contributed by atoms with Crippen LogP contribution >= 0.6 is 40.0 Å². The first kappa shape index (κ1) is 25.7. The Labute approximate surface area is 212 Å². The van der Waals surface area contributed by atoms with Crippen LogP contribution in [0.25, 0.3) is 0 Å². The number of rotatable bonds is 3. The molecule has 6 atom stereocenters. The van der Waals surface area contributed by atoms with Crippen LogP contribution in [-0.4, -0.2) is 18.7 Å². The molecule has 0 aliphatic heterocycles. The van der Waals surface area contributed by atoms with E-state index in [-0.39, 0.29) is 17.6 Å². The van der Waals surface area contributed by atoms with E-state index < -0.39 is 0 Å². The zero-order valence-corrected chi connectivity index (χ0v) is 24.6. The first-order chi connectivity index (χ1) is 14.3. The van der Waals surface area contributed by atoms with Crippen LogP contribution in [0.1, 0.15) is 85.0 Å². The summed E-state index contributed by atoms with van der Waals surface area (Å²) in [6.07, 6.45) is 15.3. The molecule has 0 aromatic rings. The number of amides is 1. The summed E-state index contributed by atoms with van der Waals surface area (Å²) in [5.41, 5.74) is 1.86. The van der Waals surface area contributed by atoms with E-state index in [4.69, 9.17) is 4.74 Å². The Kier molecular flexibility index (Phi) is 10.2. The second-order valence-electron chi connectivity index (χ2n) is 11.0. The van der Waals surface area contributed by atoms with Crippen molar-refractivity contribution < 1.29 is 19.0 Å². The Bertz CT molecular complexity index is 607. The van der Waals surface area contributed by atoms with Crippen molar-refractivity contribution in [3.05, 3.63) is 11.6 Å². The van der Waals surface area contributed by atoms with Crippen LogP contribution in [0.4, 0.5) is 4.79 Å². The third kappa shape index (κ3) is 7.02. The maximum absolute atomic E-state index is 12.2. The van der Waals surface area contributed by atoms with Gasteiger partial charge in [0.05, 0.1) is 0 Å². The predicted molar refractivity (Wildman–Crippen MR) is 137 cm³/mol. The number of fused-ring (bicyclic) bond motifs is 5. The van der Waals surface area contributed by atoms with Crippen molar-refractivity contribution in [2.75, 3.05) is 6.54 Å². The summed E-state index contributed by atoms with van der Waals surface area (Å²) in [7, 11) is 0.628. The van der Waals surface area contributed by atoms with Crippen LogP contribution in [0.2, 0.25) is 0 Å². The molecule has 0 heterocycles. The summed E-state index contributed by atoms with van der Waals surface area (Å²) < 4.78 is 5.77. The number of halogens is 2. The number of nitrogens with one attached hydrogen (secondary N) is 1. The molecule has 1 N–H and O–H groups in total. The summed E-state index contributed by atoms with van der Waals surface area (Å²) >= 11 is 4.74. The summed E-state index contributed by atoms with van der Waals surface area (Å²) in [5.74, 6) is 4.72. The number of alkyl carbamates (subject to hydrolysis) is 1. The van der Waals surface area contributed by atoms with Crippen LogP contribution in [0.15, 0.2) is 11.6 Å². The molecule has 3 nitrogen and oxygen atoms in total. The Morgan fingerprint density at radius 1 is 1.10 bits per heavy atom. The van der Waals surface area contributed by atoms with E-state index in [1.807, 2.05) is 0 Å². The van der Waals surface area contributed by atoms with Gasteiger partial charge in [-0.05, 0) is 80.0 Å². The molecule has 30 heavy (non-hydrogen) atoms. The quantitative estimate of drug-likeness (QED) is 0.244. The van der Waals surface area contributed by atoms with E-state index >= 15 is 0 Å². The minimum atomic E-state index is -0.219. The van der Waals surface area contributed by atoms with Gasteiger partial charge in [-0.15, -0.1) is 0 Å². The fraction of sp³-hybridized carbons (Fsp3) is 0.875. The third-order valence-corrected chi connectivity index (χ3v) is 8.01. The van der Waals surface area contributed by atoms with Gasteiger partial charge in [0, 0.05) is 13.0 Å². The zero-order chi connectivity index (χ0) is 21.7. The molecule has 6 unspecified atom stereocenters. The van der Waals surface area contributed by atoms with E-state index in [0.717, 1.165) is 48.9 Å². The van der Waals surface area contributed by atoms with Crippen molar-refractivity contribution >= 4 is 46.1 Å². The van der Waals surface area contributed by atoms with E-state index in [2.05, 4.69) is 72.1 Å². The van der Waals surface area contributed by atoms with Crippen LogP contribution in [0.3, 0.4) is 0 Å². The number of ether oxygens (including phenoxy) is 1. The fourth-order valence-electron chi connectivity index (χ4n) is 6.69. The molecule has 0 radical (unpaired) electrons. The van der Waals surface area contributed by atoms with Gasteiger partial charge in [-0.25, -0.2) is 4.79 Å². The van der Waals surface area contributed by atoms with Crippen LogP contribution in [-0.2, 0) is 14.2 Å². The Morgan fingerprint density at radius 2 is 1.87 bits per heavy atom. The number of carbonyl (C=O) groups is 1. The normalized spacial score (nSPS) is 34.9. The average molecular weight is 678 g/mol. The SMILES string of the molecule is CC(C)(C)CCNC(=O)OC1CCC2C(=CCC3C4CCCC4CCC23)C1.[I][V][I]. The van der Waals surface area contributed by atoms with Gasteiger partial charge in [0.15, 0.2) is 0 Å². The number of allylic oxidation sites excluding steroid dienone is 1. The van der Waals surface area contributed by atoms with Crippen molar-refractivity contribution in [3.8, 4) is 0 Å². The maximum atomic E-state index is 12.2. The average Bonchev–Trinajstić information content (AvgIpc) is 3.16. The van der Waals surface area contributed by atoms with E-state index in [9.17, 15) is 4.79 Å². The minimum absolute atomic E-state index is 0.0847. The molecule has 171 valence electrons. The van der Waals surface area contributed by atoms with Gasteiger partial charge in [-0.2, -0.15) is 0 Å². The van der Waals surface area contributed by atoms with Gasteiger partial charge in [0.2, 0.25) is 0 Å². The molecule has 0 aromatic carbocycles. The molecule has 3 fully saturated rings. The molecule has 4 aliphatic rings. The molecule has 4 rings (SSSR count). The molecule has 4 aliphatic carbocycles. The summed E-state index contributed by atoms with van der Waals surface area (Å²) in [5, 5.41) is 2.95. The van der Waals surface area contributed by atoms with Crippen molar-refractivity contribution in [2.24, 2.45) is 35.0 Å². The standard InChI is InChI=1S/C24H39NO2.2HI.V/c1-24(2,3)13-14-25-23(26)27-18-9-12-20-17(15-18)8-11-21-19-6-4-5-16(19)7-10-22(20)21;;;/h8,16,18-22H,4-7,9-15H2,1-3H3,(H,25,26);2*1H;/q;;;+2/p-2. The van der Waals surface area contributed by atoms with Crippen LogP contribution in [0.5, 0.6) is 0 Å². The van der Waals surface area contributed by atoms with E-state index in [1.165, 1.54) is 44.9 Å². The summed E-state index contributed by atoms with van der Waals surface area (Å²) in [6.45, 7) is 7.29. The molecule has 0 spiro atoms. The first-order valence-corrected chi connectivity index (χ1v) is 20.9. The molecule has 0 aromatic heterocycles. The molecule has 0 saturated heterocycles. The Hall–Kier alpha value is 1.05. The summed E-state index contributed by atoms with van der Waals surface area (Å²) in [4.78, 5) is 12.2. The molecule has 1 amide bonds. The zero-order valence-electron chi connectivity index (χ0n) is 18.8. The van der Waals surface area contributed by atoms with Crippen molar-refractivity contribution in [1.82, 2.24) is 5.32 Å². The van der Waals surface area contributed by atoms with Gasteiger partial charge in [-0.1, -0.05) is 45.3 Å². The van der Waals surface area contributed by atoms with Gasteiger partial charge >= 0.3 is 55.5 Å². The number of carbonyl (C=O) groups excluding carboxylic acids is 1. The topological polar surface area (TPSA) is 38.3 Å². The van der Waals surface area contributed by atoms with E-state index in [1.54, 1.807) is 5.57 Å². The Balaban J connectivity index is 0.000000806. The molecule has 0 bridgehead atoms. The second-order valence-corrected chi connectivity index (χ2v) is 22.8. The van der Waals surface area contributed by atoms with Crippen molar-refractivity contribution in [2.45, 2.75) is 91.1 Å². The van der Waals surface area contributed by atoms with Crippen molar-refractivity contribution in [1.29, 1.82) is 0 Å². The predicted octanol–water partition coefficient (Wildman–Crippen LogP) is 7.86. The summed E-state index contributed by atoms with van der Waals surface area (Å²) in [6, 6.07) is 0. The molecular formula is C24H39I2NO2V. The van der Waals surface area contributed by atoms with Crippen LogP contribution < -0.4 is 5.32 Å². The van der Waals surface area contributed by atoms with Crippen molar-refractivity contribution in [3.63, 3.8) is 0 Å².